The van der Waals surface area contributed by atoms with Gasteiger partial charge in [0.1, 0.15) is 0 Å². The van der Waals surface area contributed by atoms with Crippen LogP contribution >= 0.6 is 0 Å². The van der Waals surface area contributed by atoms with Crippen LogP contribution in [0.5, 0.6) is 0 Å². The molecule has 0 aliphatic carbocycles. The van der Waals surface area contributed by atoms with E-state index in [1.165, 1.54) is 5.56 Å². The Labute approximate surface area is 170 Å². The Hall–Kier alpha value is -3.14. The van der Waals surface area contributed by atoms with Crippen molar-refractivity contribution < 1.29 is 4.79 Å². The molecule has 2 atom stereocenters. The Kier molecular flexibility index (Phi) is 4.55. The van der Waals surface area contributed by atoms with Crippen molar-refractivity contribution in [2.75, 3.05) is 13.1 Å². The van der Waals surface area contributed by atoms with Gasteiger partial charge in [-0.25, -0.2) is 0 Å². The Morgan fingerprint density at radius 1 is 0.828 bits per heavy atom. The zero-order chi connectivity index (χ0) is 19.8. The van der Waals surface area contributed by atoms with E-state index in [1.807, 2.05) is 39.8 Å². The number of likely N-dealkylation sites (tertiary alicyclic amines) is 1. The van der Waals surface area contributed by atoms with E-state index in [1.54, 1.807) is 6.07 Å². The fourth-order valence-electron chi connectivity index (χ4n) is 4.83. The van der Waals surface area contributed by atoms with Gasteiger partial charge in [0, 0.05) is 37.3 Å². The smallest absolute Gasteiger partial charge is 0.250 e. The number of aromatic nitrogens is 1. The van der Waals surface area contributed by atoms with Crippen molar-refractivity contribution in [2.45, 2.75) is 25.3 Å². The largest absolute Gasteiger partial charge is 0.341 e. The number of hydrogen-bond acceptors (Lipinski definition) is 2. The van der Waals surface area contributed by atoms with Crippen molar-refractivity contribution in [3.8, 4) is 11.1 Å². The summed E-state index contributed by atoms with van der Waals surface area (Å²) in [5, 5.41) is 0. The minimum atomic E-state index is 0.0792. The molecule has 2 unspecified atom stereocenters. The lowest BCUT2D eigenvalue weighted by Crippen LogP contribution is -2.49. The number of piperidine rings is 1. The summed E-state index contributed by atoms with van der Waals surface area (Å²) in [6, 6.07) is 24.1. The molecule has 0 N–H and O–H groups in total. The Morgan fingerprint density at radius 2 is 1.59 bits per heavy atom. The maximum atomic E-state index is 13.0. The van der Waals surface area contributed by atoms with Crippen LogP contribution in [-0.2, 0) is 17.8 Å². The monoisotopic (exact) mass is 384 g/mol. The lowest BCUT2D eigenvalue weighted by Gasteiger charge is -2.42. The number of pyridine rings is 1. The van der Waals surface area contributed by atoms with Crippen LogP contribution < -0.4 is 5.56 Å². The molecule has 0 saturated carbocycles. The topological polar surface area (TPSA) is 42.3 Å². The maximum Gasteiger partial charge on any atom is 0.250 e. The first-order valence-electron chi connectivity index (χ1n) is 10.3. The number of carbonyl (C=O) groups is 1. The average molecular weight is 384 g/mol. The van der Waals surface area contributed by atoms with Gasteiger partial charge >= 0.3 is 0 Å². The fraction of sp³-hybridized carbons (Fsp3) is 0.280. The van der Waals surface area contributed by atoms with Gasteiger partial charge in [0.25, 0.3) is 5.56 Å². The summed E-state index contributed by atoms with van der Waals surface area (Å²) in [6.07, 6.45) is 1.50. The first-order chi connectivity index (χ1) is 14.2. The normalized spacial score (nSPS) is 20.2. The number of rotatable bonds is 3. The van der Waals surface area contributed by atoms with Gasteiger partial charge in [-0.1, -0.05) is 60.7 Å². The van der Waals surface area contributed by atoms with Crippen LogP contribution in [0.1, 0.15) is 23.6 Å². The number of fused-ring (bicyclic) bond motifs is 4. The van der Waals surface area contributed by atoms with Crippen molar-refractivity contribution in [2.24, 2.45) is 5.92 Å². The summed E-state index contributed by atoms with van der Waals surface area (Å²) < 4.78 is 1.91. The Bertz CT molecular complexity index is 1090. The molecular formula is C25H24N2O2. The van der Waals surface area contributed by atoms with Crippen LogP contribution in [-0.4, -0.2) is 28.5 Å². The number of hydrogen-bond donors (Lipinski definition) is 0. The highest BCUT2D eigenvalue weighted by Gasteiger charge is 2.36. The van der Waals surface area contributed by atoms with Gasteiger partial charge in [-0.05, 0) is 35.1 Å². The molecule has 5 rings (SSSR count). The molecule has 3 heterocycles. The first-order valence-corrected chi connectivity index (χ1v) is 10.3. The molecule has 1 fully saturated rings. The summed E-state index contributed by atoms with van der Waals surface area (Å²) >= 11 is 0. The SMILES string of the molecule is O=C(Cc1ccc(-c2ccccc2)cc1)N1CC2CC(C1)c1cccc(=O)n1C2. The van der Waals surface area contributed by atoms with Crippen LogP contribution in [0, 0.1) is 5.92 Å². The highest BCUT2D eigenvalue weighted by molar-refractivity contribution is 5.79. The first kappa shape index (κ1) is 17.9. The van der Waals surface area contributed by atoms with E-state index in [2.05, 4.69) is 36.4 Å². The highest BCUT2D eigenvalue weighted by atomic mass is 16.2. The third-order valence-corrected chi connectivity index (χ3v) is 6.25. The molecule has 4 nitrogen and oxygen atoms in total. The fourth-order valence-corrected chi connectivity index (χ4v) is 4.83. The molecule has 2 aliphatic rings. The van der Waals surface area contributed by atoms with E-state index in [0.29, 0.717) is 18.9 Å². The highest BCUT2D eigenvalue weighted by Crippen LogP contribution is 2.35. The van der Waals surface area contributed by atoms with Crippen molar-refractivity contribution in [3.63, 3.8) is 0 Å². The standard InChI is InChI=1S/C25H24N2O2/c28-24-8-4-7-23-22-13-19(16-27(23)24)15-26(17-22)25(29)14-18-9-11-21(12-10-18)20-5-2-1-3-6-20/h1-12,19,22H,13-17H2. The molecule has 0 spiro atoms. The van der Waals surface area contributed by atoms with Crippen molar-refractivity contribution >= 4 is 5.91 Å². The summed E-state index contributed by atoms with van der Waals surface area (Å²) in [6.45, 7) is 2.18. The zero-order valence-corrected chi connectivity index (χ0v) is 16.3. The lowest BCUT2D eigenvalue weighted by atomic mass is 9.83. The Morgan fingerprint density at radius 3 is 2.38 bits per heavy atom. The Balaban J connectivity index is 1.29. The predicted molar refractivity (Wildman–Crippen MR) is 114 cm³/mol. The molecule has 1 saturated heterocycles. The second kappa shape index (κ2) is 7.36. The molecule has 3 aromatic rings. The van der Waals surface area contributed by atoms with Gasteiger partial charge in [-0.15, -0.1) is 0 Å². The van der Waals surface area contributed by atoms with Gasteiger partial charge < -0.3 is 9.47 Å². The molecule has 29 heavy (non-hydrogen) atoms. The number of amides is 1. The molecule has 1 aromatic heterocycles. The van der Waals surface area contributed by atoms with Crippen LogP contribution in [0.15, 0.2) is 77.6 Å². The summed E-state index contributed by atoms with van der Waals surface area (Å²) in [7, 11) is 0. The molecule has 2 aromatic carbocycles. The van der Waals surface area contributed by atoms with E-state index in [0.717, 1.165) is 36.3 Å². The zero-order valence-electron chi connectivity index (χ0n) is 16.3. The van der Waals surface area contributed by atoms with E-state index >= 15 is 0 Å². The molecular weight excluding hydrogens is 360 g/mol. The van der Waals surface area contributed by atoms with Crippen LogP contribution in [0.4, 0.5) is 0 Å². The van der Waals surface area contributed by atoms with E-state index in [9.17, 15) is 9.59 Å². The van der Waals surface area contributed by atoms with Gasteiger partial charge in [0.05, 0.1) is 6.42 Å². The predicted octanol–water partition coefficient (Wildman–Crippen LogP) is 3.70. The number of nitrogens with zero attached hydrogens (tertiary/aromatic N) is 2. The minimum Gasteiger partial charge on any atom is -0.341 e. The average Bonchev–Trinajstić information content (AvgIpc) is 2.75. The summed E-state index contributed by atoms with van der Waals surface area (Å²) in [4.78, 5) is 27.2. The maximum absolute atomic E-state index is 13.0. The van der Waals surface area contributed by atoms with Crippen molar-refractivity contribution in [1.82, 2.24) is 9.47 Å². The summed E-state index contributed by atoms with van der Waals surface area (Å²) in [5.41, 5.74) is 4.55. The van der Waals surface area contributed by atoms with Crippen molar-refractivity contribution in [3.05, 3.63) is 94.4 Å². The second-order valence-corrected chi connectivity index (χ2v) is 8.24. The molecule has 1 amide bonds. The van der Waals surface area contributed by atoms with E-state index in [4.69, 9.17) is 0 Å². The second-order valence-electron chi connectivity index (χ2n) is 8.24. The summed E-state index contributed by atoms with van der Waals surface area (Å²) in [5.74, 6) is 0.811. The van der Waals surface area contributed by atoms with Gasteiger partial charge in [-0.3, -0.25) is 9.59 Å². The molecule has 0 radical (unpaired) electrons. The molecule has 2 bridgehead atoms. The van der Waals surface area contributed by atoms with Crippen LogP contribution in [0.3, 0.4) is 0 Å². The third-order valence-electron chi connectivity index (χ3n) is 6.25. The van der Waals surface area contributed by atoms with Crippen molar-refractivity contribution in [1.29, 1.82) is 0 Å². The lowest BCUT2D eigenvalue weighted by molar-refractivity contribution is -0.133. The van der Waals surface area contributed by atoms with Crippen LogP contribution in [0.2, 0.25) is 0 Å². The quantitative estimate of drug-likeness (QED) is 0.691. The van der Waals surface area contributed by atoms with E-state index < -0.39 is 0 Å². The minimum absolute atomic E-state index is 0.0792. The van der Waals surface area contributed by atoms with Gasteiger partial charge in [0.2, 0.25) is 5.91 Å². The third kappa shape index (κ3) is 3.51. The van der Waals surface area contributed by atoms with Gasteiger partial charge in [-0.2, -0.15) is 0 Å². The van der Waals surface area contributed by atoms with Gasteiger partial charge in [0.15, 0.2) is 0 Å². The molecule has 2 aliphatic heterocycles. The number of carbonyl (C=O) groups excluding carboxylic acids is 1. The number of benzene rings is 2. The van der Waals surface area contributed by atoms with E-state index in [-0.39, 0.29) is 17.4 Å². The molecule has 146 valence electrons. The molecule has 4 heteroatoms. The van der Waals surface area contributed by atoms with Crippen LogP contribution in [0.25, 0.3) is 11.1 Å².